The quantitative estimate of drug-likeness (QED) is 0.838. The Morgan fingerprint density at radius 3 is 2.70 bits per heavy atom. The zero-order chi connectivity index (χ0) is 21.4. The first-order chi connectivity index (χ1) is 14.4. The maximum atomic E-state index is 12.9. The third-order valence-electron chi connectivity index (χ3n) is 5.81. The molecule has 2 aliphatic rings. The van der Waals surface area contributed by atoms with E-state index in [0.717, 1.165) is 11.1 Å². The number of nitrogens with zero attached hydrogens (tertiary/aromatic N) is 5. The lowest BCUT2D eigenvalue weighted by atomic mass is 9.89. The minimum absolute atomic E-state index is 0.0492. The second kappa shape index (κ2) is 7.76. The summed E-state index contributed by atoms with van der Waals surface area (Å²) in [5.74, 6) is 0.221. The summed E-state index contributed by atoms with van der Waals surface area (Å²) in [6, 6.07) is 6.00. The molecule has 0 spiro atoms. The Balaban J connectivity index is 1.53. The van der Waals surface area contributed by atoms with Crippen molar-refractivity contribution in [1.29, 1.82) is 5.26 Å². The van der Waals surface area contributed by atoms with Crippen LogP contribution in [0.3, 0.4) is 0 Å². The number of pyridine rings is 1. The van der Waals surface area contributed by atoms with Gasteiger partial charge in [0.05, 0.1) is 23.1 Å². The highest BCUT2D eigenvalue weighted by Gasteiger charge is 2.32. The van der Waals surface area contributed by atoms with Crippen LogP contribution in [0.5, 0.6) is 0 Å². The zero-order valence-electron chi connectivity index (χ0n) is 17.3. The molecule has 154 valence electrons. The van der Waals surface area contributed by atoms with E-state index in [2.05, 4.69) is 21.1 Å². The van der Waals surface area contributed by atoms with Crippen LogP contribution >= 0.6 is 0 Å². The highest BCUT2D eigenvalue weighted by molar-refractivity contribution is 5.94. The summed E-state index contributed by atoms with van der Waals surface area (Å²) in [6.07, 6.45) is 7.45. The maximum Gasteiger partial charge on any atom is 0.280 e. The van der Waals surface area contributed by atoms with Gasteiger partial charge in [0.15, 0.2) is 5.82 Å². The summed E-state index contributed by atoms with van der Waals surface area (Å²) in [7, 11) is 4.02. The van der Waals surface area contributed by atoms with Gasteiger partial charge in [0.25, 0.3) is 11.5 Å². The summed E-state index contributed by atoms with van der Waals surface area (Å²) >= 11 is 0. The SMILES string of the molecule is CC1=C(c2c[nH]n(-c3ccc(C(=O)N4CC(N(C)C)C4)cn3)c2=O)C=CC(C#N)C1. The predicted molar refractivity (Wildman–Crippen MR) is 113 cm³/mol. The largest absolute Gasteiger partial charge is 0.335 e. The van der Waals surface area contributed by atoms with E-state index in [1.807, 2.05) is 33.2 Å². The van der Waals surface area contributed by atoms with Gasteiger partial charge in [0.1, 0.15) is 0 Å². The number of hydrogen-bond donors (Lipinski definition) is 1. The number of nitriles is 1. The number of likely N-dealkylation sites (N-methyl/N-ethyl adjacent to an activating group) is 1. The highest BCUT2D eigenvalue weighted by Crippen LogP contribution is 2.28. The molecule has 0 saturated carbocycles. The first-order valence-corrected chi connectivity index (χ1v) is 9.89. The van der Waals surface area contributed by atoms with Gasteiger partial charge in [-0.1, -0.05) is 17.7 Å². The van der Waals surface area contributed by atoms with Gasteiger partial charge in [-0.3, -0.25) is 14.7 Å². The summed E-state index contributed by atoms with van der Waals surface area (Å²) in [5, 5.41) is 12.0. The Bertz CT molecular complexity index is 1120. The van der Waals surface area contributed by atoms with Gasteiger partial charge in [0.2, 0.25) is 0 Å². The summed E-state index contributed by atoms with van der Waals surface area (Å²) in [4.78, 5) is 33.7. The van der Waals surface area contributed by atoms with Gasteiger partial charge >= 0.3 is 0 Å². The van der Waals surface area contributed by atoms with Crippen molar-refractivity contribution in [2.75, 3.05) is 27.2 Å². The maximum absolute atomic E-state index is 12.9. The lowest BCUT2D eigenvalue weighted by Crippen LogP contribution is -2.59. The van der Waals surface area contributed by atoms with Crippen LogP contribution in [0, 0.1) is 17.2 Å². The molecule has 8 heteroatoms. The minimum Gasteiger partial charge on any atom is -0.335 e. The molecule has 1 aliphatic carbocycles. The molecule has 2 aromatic heterocycles. The lowest BCUT2D eigenvalue weighted by molar-refractivity contribution is 0.0399. The molecule has 2 aromatic rings. The number of H-pyrrole nitrogens is 1. The zero-order valence-corrected chi connectivity index (χ0v) is 17.3. The van der Waals surface area contributed by atoms with Crippen LogP contribution in [0.2, 0.25) is 0 Å². The van der Waals surface area contributed by atoms with Crippen LogP contribution in [0.15, 0.2) is 47.0 Å². The van der Waals surface area contributed by atoms with Crippen molar-refractivity contribution in [3.63, 3.8) is 0 Å². The van der Waals surface area contributed by atoms with Crippen molar-refractivity contribution in [3.8, 4) is 11.9 Å². The predicted octanol–water partition coefficient (Wildman–Crippen LogP) is 1.82. The highest BCUT2D eigenvalue weighted by atomic mass is 16.2. The van der Waals surface area contributed by atoms with Crippen molar-refractivity contribution in [2.45, 2.75) is 19.4 Å². The van der Waals surface area contributed by atoms with E-state index in [0.29, 0.717) is 42.5 Å². The molecule has 8 nitrogen and oxygen atoms in total. The van der Waals surface area contributed by atoms with E-state index in [-0.39, 0.29) is 17.4 Å². The van der Waals surface area contributed by atoms with E-state index in [1.54, 1.807) is 23.2 Å². The monoisotopic (exact) mass is 404 g/mol. The molecule has 0 radical (unpaired) electrons. The van der Waals surface area contributed by atoms with Gasteiger partial charge in [-0.15, -0.1) is 0 Å². The van der Waals surface area contributed by atoms with Crippen LogP contribution < -0.4 is 5.56 Å². The Kier molecular flexibility index (Phi) is 5.14. The lowest BCUT2D eigenvalue weighted by Gasteiger charge is -2.42. The average Bonchev–Trinajstić information content (AvgIpc) is 3.07. The first kappa shape index (κ1) is 19.9. The smallest absolute Gasteiger partial charge is 0.280 e. The van der Waals surface area contributed by atoms with Gasteiger partial charge < -0.3 is 9.80 Å². The number of aromatic nitrogens is 3. The Morgan fingerprint density at radius 1 is 1.33 bits per heavy atom. The number of carbonyl (C=O) groups excluding carboxylic acids is 1. The van der Waals surface area contributed by atoms with Crippen molar-refractivity contribution in [1.82, 2.24) is 24.6 Å². The number of amides is 1. The number of rotatable bonds is 4. The van der Waals surface area contributed by atoms with Crippen LogP contribution in [-0.4, -0.2) is 63.7 Å². The normalized spacial score (nSPS) is 19.2. The molecular weight excluding hydrogens is 380 g/mol. The molecule has 1 aliphatic heterocycles. The fourth-order valence-electron chi connectivity index (χ4n) is 3.78. The second-order valence-electron chi connectivity index (χ2n) is 8.05. The number of nitrogens with one attached hydrogen (secondary N) is 1. The molecule has 30 heavy (non-hydrogen) atoms. The number of carbonyl (C=O) groups is 1. The third kappa shape index (κ3) is 3.48. The number of likely N-dealkylation sites (tertiary alicyclic amines) is 1. The van der Waals surface area contributed by atoms with Gasteiger partial charge in [-0.25, -0.2) is 9.67 Å². The van der Waals surface area contributed by atoms with Crippen molar-refractivity contribution in [2.24, 2.45) is 5.92 Å². The number of hydrogen-bond acceptors (Lipinski definition) is 5. The summed E-state index contributed by atoms with van der Waals surface area (Å²) < 4.78 is 1.36. The molecule has 0 aromatic carbocycles. The van der Waals surface area contributed by atoms with Crippen molar-refractivity contribution >= 4 is 11.5 Å². The molecule has 3 heterocycles. The third-order valence-corrected chi connectivity index (χ3v) is 5.81. The van der Waals surface area contributed by atoms with Crippen molar-refractivity contribution < 1.29 is 4.79 Å². The second-order valence-corrected chi connectivity index (χ2v) is 8.05. The topological polar surface area (TPSA) is 98.0 Å². The molecule has 1 atom stereocenters. The van der Waals surface area contributed by atoms with E-state index >= 15 is 0 Å². The fraction of sp³-hybridized carbons (Fsp3) is 0.364. The average molecular weight is 404 g/mol. The first-order valence-electron chi connectivity index (χ1n) is 9.89. The summed E-state index contributed by atoms with van der Waals surface area (Å²) in [6.45, 7) is 3.36. The van der Waals surface area contributed by atoms with Gasteiger partial charge in [-0.05, 0) is 45.1 Å². The Hall–Kier alpha value is -3.44. The van der Waals surface area contributed by atoms with Crippen LogP contribution in [0.25, 0.3) is 11.4 Å². The fourth-order valence-corrected chi connectivity index (χ4v) is 3.78. The molecule has 1 amide bonds. The molecule has 0 bridgehead atoms. The van der Waals surface area contributed by atoms with E-state index in [4.69, 9.17) is 5.26 Å². The van der Waals surface area contributed by atoms with Gasteiger partial charge in [-0.2, -0.15) is 5.26 Å². The molecule has 1 saturated heterocycles. The van der Waals surface area contributed by atoms with Gasteiger partial charge in [0, 0.05) is 31.5 Å². The Labute approximate surface area is 174 Å². The number of allylic oxidation sites excluding steroid dienone is 4. The van der Waals surface area contributed by atoms with Crippen molar-refractivity contribution in [3.05, 3.63) is 63.7 Å². The van der Waals surface area contributed by atoms with Crippen LogP contribution in [0.1, 0.15) is 29.3 Å². The Morgan fingerprint density at radius 2 is 2.10 bits per heavy atom. The van der Waals surface area contributed by atoms with E-state index in [1.165, 1.54) is 10.9 Å². The molecule has 1 unspecified atom stereocenters. The van der Waals surface area contributed by atoms with Crippen LogP contribution in [-0.2, 0) is 0 Å². The molecule has 1 fully saturated rings. The standard InChI is InChI=1S/C22H24N6O2/c1-14-8-15(9-23)4-6-18(14)19-11-25-28(22(19)30)20-7-5-16(10-24-20)21(29)27-12-17(13-27)26(2)3/h4-7,10-11,15,17,25H,8,12-13H2,1-3H3. The molecule has 4 rings (SSSR count). The number of aromatic amines is 1. The molecule has 1 N–H and O–H groups in total. The van der Waals surface area contributed by atoms with Crippen LogP contribution in [0.4, 0.5) is 0 Å². The van der Waals surface area contributed by atoms with E-state index < -0.39 is 0 Å². The van der Waals surface area contributed by atoms with E-state index in [9.17, 15) is 9.59 Å². The molecular formula is C22H24N6O2. The minimum atomic E-state index is -0.215. The summed E-state index contributed by atoms with van der Waals surface area (Å²) in [5.41, 5.74) is 2.67.